The minimum atomic E-state index is 0.658. The highest BCUT2D eigenvalue weighted by Gasteiger charge is 2.30. The van der Waals surface area contributed by atoms with Gasteiger partial charge in [-0.15, -0.1) is 0 Å². The summed E-state index contributed by atoms with van der Waals surface area (Å²) in [5, 5.41) is 0. The molecule has 94 valence electrons. The predicted molar refractivity (Wildman–Crippen MR) is 70.1 cm³/mol. The van der Waals surface area contributed by atoms with Crippen molar-refractivity contribution in [1.82, 2.24) is 9.97 Å². The van der Waals surface area contributed by atoms with Gasteiger partial charge in [-0.25, -0.2) is 9.97 Å². The van der Waals surface area contributed by atoms with Crippen LogP contribution in [-0.2, 0) is 6.42 Å². The molecule has 2 N–H and O–H groups in total. The van der Waals surface area contributed by atoms with E-state index in [1.165, 1.54) is 25.7 Å². The number of rotatable bonds is 7. The Morgan fingerprint density at radius 2 is 2.06 bits per heavy atom. The van der Waals surface area contributed by atoms with Gasteiger partial charge in [-0.2, -0.15) is 0 Å². The Hall–Kier alpha value is -1.16. The molecule has 0 aromatic carbocycles. The molecule has 4 nitrogen and oxygen atoms in total. The fourth-order valence-electron chi connectivity index (χ4n) is 1.95. The van der Waals surface area contributed by atoms with Gasteiger partial charge in [0.25, 0.3) is 0 Å². The second-order valence-corrected chi connectivity index (χ2v) is 4.71. The van der Waals surface area contributed by atoms with Gasteiger partial charge in [-0.3, -0.25) is 0 Å². The molecule has 1 aliphatic carbocycles. The van der Waals surface area contributed by atoms with Gasteiger partial charge in [0, 0.05) is 25.0 Å². The first-order valence-electron chi connectivity index (χ1n) is 6.62. The molecule has 1 aliphatic rings. The minimum Gasteiger partial charge on any atom is -0.338 e. The molecule has 0 atom stereocenters. The summed E-state index contributed by atoms with van der Waals surface area (Å²) in [6, 6.07) is 0.682. The van der Waals surface area contributed by atoms with Gasteiger partial charge in [-0.1, -0.05) is 13.3 Å². The summed E-state index contributed by atoms with van der Waals surface area (Å²) in [5.74, 6) is 0.890. The summed E-state index contributed by atoms with van der Waals surface area (Å²) in [4.78, 5) is 11.3. The first-order chi connectivity index (χ1) is 8.35. The first-order valence-corrected chi connectivity index (χ1v) is 6.62. The Kier molecular flexibility index (Phi) is 4.31. The van der Waals surface area contributed by atoms with Gasteiger partial charge >= 0.3 is 0 Å². The number of hydrogen-bond donors (Lipinski definition) is 1. The van der Waals surface area contributed by atoms with Crippen molar-refractivity contribution in [2.45, 2.75) is 45.1 Å². The van der Waals surface area contributed by atoms with Crippen LogP contribution >= 0.6 is 0 Å². The molecule has 0 aliphatic heterocycles. The van der Waals surface area contributed by atoms with Crippen molar-refractivity contribution in [3.8, 4) is 0 Å². The van der Waals surface area contributed by atoms with E-state index >= 15 is 0 Å². The fraction of sp³-hybridized carbons (Fsp3) is 0.692. The van der Waals surface area contributed by atoms with Gasteiger partial charge in [0.1, 0.15) is 0 Å². The Morgan fingerprint density at radius 3 is 2.59 bits per heavy atom. The molecule has 0 spiro atoms. The lowest BCUT2D eigenvalue weighted by atomic mass is 10.2. The van der Waals surface area contributed by atoms with Gasteiger partial charge in [0.2, 0.25) is 5.95 Å². The molecule has 17 heavy (non-hydrogen) atoms. The van der Waals surface area contributed by atoms with E-state index in [4.69, 9.17) is 5.73 Å². The monoisotopic (exact) mass is 234 g/mol. The van der Waals surface area contributed by atoms with Crippen LogP contribution in [0.15, 0.2) is 12.4 Å². The summed E-state index contributed by atoms with van der Waals surface area (Å²) < 4.78 is 0. The van der Waals surface area contributed by atoms with E-state index in [-0.39, 0.29) is 0 Å². The second kappa shape index (κ2) is 5.96. The van der Waals surface area contributed by atoms with Crippen LogP contribution in [0.5, 0.6) is 0 Å². The SMILES string of the molecule is CCCCN(c1ncc(CCN)cn1)C1CC1. The molecule has 0 amide bonds. The second-order valence-electron chi connectivity index (χ2n) is 4.71. The van der Waals surface area contributed by atoms with E-state index < -0.39 is 0 Å². The van der Waals surface area contributed by atoms with Crippen LogP contribution in [0.1, 0.15) is 38.2 Å². The van der Waals surface area contributed by atoms with Gasteiger partial charge in [0.15, 0.2) is 0 Å². The molecular formula is C13H22N4. The van der Waals surface area contributed by atoms with Crippen LogP contribution in [-0.4, -0.2) is 29.1 Å². The minimum absolute atomic E-state index is 0.658. The van der Waals surface area contributed by atoms with Crippen LogP contribution in [0.2, 0.25) is 0 Å². The van der Waals surface area contributed by atoms with E-state index in [1.54, 1.807) is 0 Å². The fourth-order valence-corrected chi connectivity index (χ4v) is 1.95. The topological polar surface area (TPSA) is 55.0 Å². The number of hydrogen-bond acceptors (Lipinski definition) is 4. The first kappa shape index (κ1) is 12.3. The molecule has 0 radical (unpaired) electrons. The van der Waals surface area contributed by atoms with Crippen LogP contribution in [0.25, 0.3) is 0 Å². The zero-order chi connectivity index (χ0) is 12.1. The molecule has 1 fully saturated rings. The lowest BCUT2D eigenvalue weighted by Gasteiger charge is -2.21. The molecule has 1 saturated carbocycles. The Morgan fingerprint density at radius 1 is 1.35 bits per heavy atom. The van der Waals surface area contributed by atoms with E-state index in [0.29, 0.717) is 12.6 Å². The van der Waals surface area contributed by atoms with Crippen molar-refractivity contribution < 1.29 is 0 Å². The summed E-state index contributed by atoms with van der Waals surface area (Å²) in [6.45, 7) is 3.96. The van der Waals surface area contributed by atoms with Crippen LogP contribution in [0.3, 0.4) is 0 Å². The molecule has 1 aromatic rings. The zero-order valence-electron chi connectivity index (χ0n) is 10.6. The molecule has 1 aromatic heterocycles. The largest absolute Gasteiger partial charge is 0.338 e. The number of nitrogens with zero attached hydrogens (tertiary/aromatic N) is 3. The smallest absolute Gasteiger partial charge is 0.225 e. The third-order valence-electron chi connectivity index (χ3n) is 3.12. The lowest BCUT2D eigenvalue weighted by molar-refractivity contribution is 0.693. The lowest BCUT2D eigenvalue weighted by Crippen LogP contribution is -2.28. The maximum atomic E-state index is 5.52. The quantitative estimate of drug-likeness (QED) is 0.781. The molecule has 0 saturated heterocycles. The summed E-state index contributed by atoms with van der Waals surface area (Å²) in [5.41, 5.74) is 6.64. The van der Waals surface area contributed by atoms with Gasteiger partial charge < -0.3 is 10.6 Å². The van der Waals surface area contributed by atoms with Crippen molar-refractivity contribution in [3.63, 3.8) is 0 Å². The average molecular weight is 234 g/mol. The van der Waals surface area contributed by atoms with Crippen LogP contribution in [0.4, 0.5) is 5.95 Å². The number of anilines is 1. The van der Waals surface area contributed by atoms with Crippen molar-refractivity contribution in [2.24, 2.45) is 5.73 Å². The van der Waals surface area contributed by atoms with E-state index in [1.807, 2.05) is 12.4 Å². The van der Waals surface area contributed by atoms with E-state index in [0.717, 1.165) is 24.5 Å². The summed E-state index contributed by atoms with van der Waals surface area (Å²) in [6.07, 6.45) is 9.69. The highest BCUT2D eigenvalue weighted by Crippen LogP contribution is 2.29. The van der Waals surface area contributed by atoms with E-state index in [2.05, 4.69) is 21.8 Å². The normalized spacial score (nSPS) is 14.9. The maximum absolute atomic E-state index is 5.52. The molecule has 2 rings (SSSR count). The maximum Gasteiger partial charge on any atom is 0.225 e. The van der Waals surface area contributed by atoms with Gasteiger partial charge in [-0.05, 0) is 37.8 Å². The number of unbranched alkanes of at least 4 members (excludes halogenated alkanes) is 1. The molecule has 4 heteroatoms. The zero-order valence-corrected chi connectivity index (χ0v) is 10.6. The standard InChI is InChI=1S/C13H22N4/c1-2-3-8-17(12-4-5-12)13-15-9-11(6-7-14)10-16-13/h9-10,12H,2-8,14H2,1H3. The van der Waals surface area contributed by atoms with Crippen molar-refractivity contribution in [3.05, 3.63) is 18.0 Å². The highest BCUT2D eigenvalue weighted by atomic mass is 15.3. The Bertz CT molecular complexity index is 332. The predicted octanol–water partition coefficient (Wildman–Crippen LogP) is 1.75. The highest BCUT2D eigenvalue weighted by molar-refractivity contribution is 5.34. The van der Waals surface area contributed by atoms with Crippen molar-refractivity contribution in [2.75, 3.05) is 18.0 Å². The Labute approximate surface area is 103 Å². The van der Waals surface area contributed by atoms with Crippen LogP contribution in [0, 0.1) is 0 Å². The molecule has 0 bridgehead atoms. The third-order valence-corrected chi connectivity index (χ3v) is 3.12. The molecule has 0 unspecified atom stereocenters. The Balaban J connectivity index is 2.01. The van der Waals surface area contributed by atoms with Crippen LogP contribution < -0.4 is 10.6 Å². The van der Waals surface area contributed by atoms with Crippen molar-refractivity contribution >= 4 is 5.95 Å². The number of nitrogens with two attached hydrogens (primary N) is 1. The molecule has 1 heterocycles. The van der Waals surface area contributed by atoms with Gasteiger partial charge in [0.05, 0.1) is 0 Å². The summed E-state index contributed by atoms with van der Waals surface area (Å²) >= 11 is 0. The third kappa shape index (κ3) is 3.40. The van der Waals surface area contributed by atoms with Crippen molar-refractivity contribution in [1.29, 1.82) is 0 Å². The molecular weight excluding hydrogens is 212 g/mol. The average Bonchev–Trinajstić information content (AvgIpc) is 3.16. The van der Waals surface area contributed by atoms with E-state index in [9.17, 15) is 0 Å². The number of aromatic nitrogens is 2. The summed E-state index contributed by atoms with van der Waals surface area (Å²) in [7, 11) is 0.